The van der Waals surface area contributed by atoms with Crippen molar-refractivity contribution in [1.29, 1.82) is 0 Å². The minimum absolute atomic E-state index is 0.0288. The van der Waals surface area contributed by atoms with E-state index >= 15 is 0 Å². The first-order valence-electron chi connectivity index (χ1n) is 8.32. The van der Waals surface area contributed by atoms with E-state index in [2.05, 4.69) is 41.4 Å². The maximum atomic E-state index is 11.4. The van der Waals surface area contributed by atoms with Gasteiger partial charge in [0.05, 0.1) is 27.2 Å². The van der Waals surface area contributed by atoms with Gasteiger partial charge in [0.2, 0.25) is 0 Å². The smallest absolute Gasteiger partial charge is 0.333 e. The molecule has 6 heteroatoms. The van der Waals surface area contributed by atoms with Crippen LogP contribution in [-0.4, -0.2) is 61.4 Å². The fraction of sp³-hybridized carbons (Fsp3) is 0.778. The largest absolute Gasteiger partial charge is 0.461 e. The van der Waals surface area contributed by atoms with Crippen LogP contribution in [0.3, 0.4) is 0 Å². The van der Waals surface area contributed by atoms with Crippen LogP contribution in [0.2, 0.25) is 0 Å². The molecular weight excluding hydrogens is 326 g/mol. The van der Waals surface area contributed by atoms with Crippen molar-refractivity contribution in [2.75, 3.05) is 39.5 Å². The number of thioether (sulfide) groups is 1. The molecule has 0 amide bonds. The van der Waals surface area contributed by atoms with Crippen LogP contribution in [0.5, 0.6) is 0 Å². The molecule has 0 rings (SSSR count). The van der Waals surface area contributed by atoms with Crippen LogP contribution in [0.15, 0.2) is 12.2 Å². The Morgan fingerprint density at radius 3 is 2.29 bits per heavy atom. The summed E-state index contributed by atoms with van der Waals surface area (Å²) < 4.78 is 11.4. The predicted molar refractivity (Wildman–Crippen MR) is 99.7 cm³/mol. The zero-order valence-electron chi connectivity index (χ0n) is 16.3. The third kappa shape index (κ3) is 10.7. The lowest BCUT2D eigenvalue weighted by Gasteiger charge is -2.38. The molecule has 0 aromatic heterocycles. The average molecular weight is 361 g/mol. The lowest BCUT2D eigenvalue weighted by molar-refractivity contribution is -0.894. The zero-order valence-corrected chi connectivity index (χ0v) is 17.1. The first-order valence-corrected chi connectivity index (χ1v) is 9.37. The van der Waals surface area contributed by atoms with E-state index in [0.717, 1.165) is 24.0 Å². The van der Waals surface area contributed by atoms with Gasteiger partial charge in [-0.3, -0.25) is 4.79 Å². The lowest BCUT2D eigenvalue weighted by Crippen LogP contribution is -2.47. The molecule has 0 fully saturated rings. The van der Waals surface area contributed by atoms with Gasteiger partial charge in [-0.05, 0) is 13.8 Å². The topological polar surface area (TPSA) is 52.6 Å². The van der Waals surface area contributed by atoms with Gasteiger partial charge in [0, 0.05) is 30.1 Å². The van der Waals surface area contributed by atoms with Crippen LogP contribution < -0.4 is 0 Å². The second kappa shape index (κ2) is 10.1. The minimum Gasteiger partial charge on any atom is -0.461 e. The van der Waals surface area contributed by atoms with E-state index in [0.29, 0.717) is 11.3 Å². The summed E-state index contributed by atoms with van der Waals surface area (Å²) in [5, 5.41) is 0. The van der Waals surface area contributed by atoms with E-state index in [1.807, 2.05) is 0 Å². The maximum absolute atomic E-state index is 11.4. The molecule has 0 aliphatic carbocycles. The summed E-state index contributed by atoms with van der Waals surface area (Å²) in [6.45, 7) is 15.5. The van der Waals surface area contributed by atoms with Gasteiger partial charge in [0.15, 0.2) is 0 Å². The SMILES string of the molecule is C=C(C)C(=O)OCCSC(CC(C)(C)C[N+](C)(C)CC)OC(C)=O. The molecule has 0 aliphatic rings. The van der Waals surface area contributed by atoms with Crippen LogP contribution in [0.1, 0.15) is 41.0 Å². The highest BCUT2D eigenvalue weighted by Crippen LogP contribution is 2.31. The molecular formula is C18H34NO4S+. The fourth-order valence-electron chi connectivity index (χ4n) is 2.54. The Labute approximate surface area is 151 Å². The molecule has 0 aromatic rings. The third-order valence-corrected chi connectivity index (χ3v) is 4.73. The van der Waals surface area contributed by atoms with Gasteiger partial charge in [-0.15, -0.1) is 11.8 Å². The van der Waals surface area contributed by atoms with Gasteiger partial charge < -0.3 is 14.0 Å². The summed E-state index contributed by atoms with van der Waals surface area (Å²) in [5.41, 5.74) is 0.177. The highest BCUT2D eigenvalue weighted by molar-refractivity contribution is 7.99. The lowest BCUT2D eigenvalue weighted by atomic mass is 9.88. The monoisotopic (exact) mass is 360 g/mol. The number of carbonyl (C=O) groups excluding carboxylic acids is 2. The molecule has 0 saturated heterocycles. The van der Waals surface area contributed by atoms with E-state index in [-0.39, 0.29) is 29.4 Å². The number of hydrogen-bond donors (Lipinski definition) is 0. The summed E-state index contributed by atoms with van der Waals surface area (Å²) in [5.74, 6) is -0.0903. The molecule has 0 heterocycles. The Morgan fingerprint density at radius 1 is 1.25 bits per heavy atom. The van der Waals surface area contributed by atoms with Crippen molar-refractivity contribution in [2.45, 2.75) is 46.5 Å². The Kier molecular flexibility index (Phi) is 9.66. The van der Waals surface area contributed by atoms with E-state index in [1.165, 1.54) is 18.7 Å². The molecule has 0 aliphatic heterocycles. The van der Waals surface area contributed by atoms with E-state index in [1.54, 1.807) is 6.92 Å². The van der Waals surface area contributed by atoms with Crippen LogP contribution in [0, 0.1) is 5.41 Å². The first-order chi connectivity index (χ1) is 10.9. The van der Waals surface area contributed by atoms with Crippen LogP contribution >= 0.6 is 11.8 Å². The van der Waals surface area contributed by atoms with Crippen molar-refractivity contribution in [2.24, 2.45) is 5.41 Å². The number of quaternary nitrogens is 1. The molecule has 0 bridgehead atoms. The second-order valence-electron chi connectivity index (χ2n) is 7.60. The minimum atomic E-state index is -0.387. The van der Waals surface area contributed by atoms with Gasteiger partial charge in [-0.1, -0.05) is 20.4 Å². The number of carbonyl (C=O) groups is 2. The van der Waals surface area contributed by atoms with Crippen molar-refractivity contribution in [3.63, 3.8) is 0 Å². The first kappa shape index (κ1) is 23.0. The van der Waals surface area contributed by atoms with Gasteiger partial charge >= 0.3 is 11.9 Å². The molecule has 0 N–H and O–H groups in total. The van der Waals surface area contributed by atoms with Crippen LogP contribution in [-0.2, 0) is 19.1 Å². The van der Waals surface area contributed by atoms with Crippen molar-refractivity contribution >= 4 is 23.7 Å². The maximum Gasteiger partial charge on any atom is 0.333 e. The van der Waals surface area contributed by atoms with Gasteiger partial charge in [0.25, 0.3) is 0 Å². The summed E-state index contributed by atoms with van der Waals surface area (Å²) >= 11 is 1.51. The number of rotatable bonds is 11. The van der Waals surface area contributed by atoms with Gasteiger partial charge in [0.1, 0.15) is 12.0 Å². The fourth-order valence-corrected chi connectivity index (χ4v) is 3.76. The van der Waals surface area contributed by atoms with Crippen molar-refractivity contribution in [3.05, 3.63) is 12.2 Å². The van der Waals surface area contributed by atoms with Gasteiger partial charge in [-0.25, -0.2) is 4.79 Å². The normalized spacial score (nSPS) is 13.3. The average Bonchev–Trinajstić information content (AvgIpc) is 2.40. The molecule has 24 heavy (non-hydrogen) atoms. The number of nitrogens with zero attached hydrogens (tertiary/aromatic N) is 1. The highest BCUT2D eigenvalue weighted by atomic mass is 32.2. The molecule has 0 spiro atoms. The van der Waals surface area contributed by atoms with Gasteiger partial charge in [-0.2, -0.15) is 0 Å². The quantitative estimate of drug-likeness (QED) is 0.186. The Morgan fingerprint density at radius 2 is 1.83 bits per heavy atom. The summed E-state index contributed by atoms with van der Waals surface area (Å²) in [4.78, 5) is 22.7. The third-order valence-electron chi connectivity index (χ3n) is 3.70. The molecule has 5 nitrogen and oxygen atoms in total. The molecule has 140 valence electrons. The predicted octanol–water partition coefficient (Wildman–Crippen LogP) is 3.24. The number of hydrogen-bond acceptors (Lipinski definition) is 5. The van der Waals surface area contributed by atoms with E-state index in [4.69, 9.17) is 9.47 Å². The number of esters is 2. The standard InChI is InChI=1S/C18H34NO4S/c1-9-19(7,8)13-18(5,6)12-16(23-15(4)20)24-11-10-22-17(21)14(2)3/h16H,2,9-13H2,1,3-8H3/q+1. The van der Waals surface area contributed by atoms with Crippen molar-refractivity contribution in [3.8, 4) is 0 Å². The van der Waals surface area contributed by atoms with E-state index < -0.39 is 0 Å². The molecule has 0 saturated carbocycles. The molecule has 0 radical (unpaired) electrons. The Hall–Kier alpha value is -1.01. The van der Waals surface area contributed by atoms with Crippen molar-refractivity contribution < 1.29 is 23.5 Å². The summed E-state index contributed by atoms with van der Waals surface area (Å²) in [6, 6.07) is 0. The molecule has 1 atom stereocenters. The molecule has 0 aromatic carbocycles. The zero-order chi connectivity index (χ0) is 19.0. The second-order valence-corrected chi connectivity index (χ2v) is 8.87. The Bertz CT molecular complexity index is 446. The molecule has 1 unspecified atom stereocenters. The summed E-state index contributed by atoms with van der Waals surface area (Å²) in [6.07, 6.45) is 0.757. The number of ether oxygens (including phenoxy) is 2. The summed E-state index contributed by atoms with van der Waals surface area (Å²) in [7, 11) is 4.40. The van der Waals surface area contributed by atoms with Crippen LogP contribution in [0.25, 0.3) is 0 Å². The highest BCUT2D eigenvalue weighted by Gasteiger charge is 2.32. The van der Waals surface area contributed by atoms with Crippen LogP contribution in [0.4, 0.5) is 0 Å². The van der Waals surface area contributed by atoms with E-state index in [9.17, 15) is 9.59 Å². The van der Waals surface area contributed by atoms with Crippen molar-refractivity contribution in [1.82, 2.24) is 0 Å². The Balaban J connectivity index is 4.57.